The minimum atomic E-state index is -0.424. The molecule has 0 unspecified atom stereocenters. The summed E-state index contributed by atoms with van der Waals surface area (Å²) < 4.78 is 6.77. The number of Topliss-reactive ketones (excluding diaryl/α,β-unsaturated/α-hetero) is 1. The molecule has 0 aromatic heterocycles. The SMILES string of the molecule is O=C(Cc1ccccc1Br)OCC(=O)c1ccc(Br)cc1. The molecule has 21 heavy (non-hydrogen) atoms. The number of esters is 1. The fourth-order valence-electron chi connectivity index (χ4n) is 1.71. The van der Waals surface area contributed by atoms with Gasteiger partial charge in [0.1, 0.15) is 0 Å². The molecule has 2 aromatic rings. The van der Waals surface area contributed by atoms with E-state index in [1.807, 2.05) is 24.3 Å². The third-order valence-corrected chi connectivity index (χ3v) is 4.13. The summed E-state index contributed by atoms with van der Waals surface area (Å²) >= 11 is 6.67. The molecule has 0 saturated carbocycles. The van der Waals surface area contributed by atoms with Gasteiger partial charge in [-0.25, -0.2) is 0 Å². The van der Waals surface area contributed by atoms with Crippen LogP contribution < -0.4 is 0 Å². The van der Waals surface area contributed by atoms with Crippen molar-refractivity contribution in [1.29, 1.82) is 0 Å². The van der Waals surface area contributed by atoms with E-state index in [0.717, 1.165) is 14.5 Å². The maximum atomic E-state index is 11.9. The van der Waals surface area contributed by atoms with Gasteiger partial charge >= 0.3 is 5.97 Å². The van der Waals surface area contributed by atoms with Crippen LogP contribution >= 0.6 is 31.9 Å². The Morgan fingerprint density at radius 2 is 1.62 bits per heavy atom. The normalized spacial score (nSPS) is 10.2. The van der Waals surface area contributed by atoms with E-state index in [0.29, 0.717) is 5.56 Å². The number of hydrogen-bond acceptors (Lipinski definition) is 3. The molecule has 3 nitrogen and oxygen atoms in total. The van der Waals surface area contributed by atoms with E-state index in [9.17, 15) is 9.59 Å². The standard InChI is InChI=1S/C16H12Br2O3/c17-13-7-5-11(6-8-13)15(19)10-21-16(20)9-12-3-1-2-4-14(12)18/h1-8H,9-10H2. The van der Waals surface area contributed by atoms with E-state index in [1.54, 1.807) is 24.3 Å². The highest BCUT2D eigenvalue weighted by atomic mass is 79.9. The van der Waals surface area contributed by atoms with Gasteiger partial charge in [0.2, 0.25) is 0 Å². The molecule has 0 saturated heterocycles. The number of ether oxygens (including phenoxy) is 1. The highest BCUT2D eigenvalue weighted by Crippen LogP contribution is 2.16. The second-order valence-corrected chi connectivity index (χ2v) is 6.13. The van der Waals surface area contributed by atoms with Gasteiger partial charge in [-0.05, 0) is 23.8 Å². The van der Waals surface area contributed by atoms with Gasteiger partial charge < -0.3 is 4.74 Å². The number of halogens is 2. The van der Waals surface area contributed by atoms with Gasteiger partial charge in [-0.15, -0.1) is 0 Å². The largest absolute Gasteiger partial charge is 0.457 e. The Labute approximate surface area is 139 Å². The third-order valence-electron chi connectivity index (χ3n) is 2.82. The maximum Gasteiger partial charge on any atom is 0.310 e. The summed E-state index contributed by atoms with van der Waals surface area (Å²) in [5.41, 5.74) is 1.35. The van der Waals surface area contributed by atoms with Crippen LogP contribution in [-0.2, 0) is 16.0 Å². The van der Waals surface area contributed by atoms with Crippen molar-refractivity contribution >= 4 is 43.6 Å². The first-order valence-corrected chi connectivity index (χ1v) is 7.82. The molecule has 108 valence electrons. The zero-order valence-corrected chi connectivity index (χ0v) is 14.2. The summed E-state index contributed by atoms with van der Waals surface area (Å²) in [6, 6.07) is 14.3. The summed E-state index contributed by atoms with van der Waals surface area (Å²) in [6.07, 6.45) is 0.134. The highest BCUT2D eigenvalue weighted by molar-refractivity contribution is 9.10. The number of benzene rings is 2. The van der Waals surface area contributed by atoms with Gasteiger partial charge in [-0.3, -0.25) is 9.59 Å². The molecular weight excluding hydrogens is 400 g/mol. The molecule has 5 heteroatoms. The van der Waals surface area contributed by atoms with Crippen LogP contribution in [0.2, 0.25) is 0 Å². The molecular formula is C16H12Br2O3. The van der Waals surface area contributed by atoms with Crippen molar-refractivity contribution in [3.05, 3.63) is 68.6 Å². The van der Waals surface area contributed by atoms with Gasteiger partial charge in [0.25, 0.3) is 0 Å². The maximum absolute atomic E-state index is 11.9. The Balaban J connectivity index is 1.88. The van der Waals surface area contributed by atoms with Crippen LogP contribution in [0, 0.1) is 0 Å². The summed E-state index contributed by atoms with van der Waals surface area (Å²) in [7, 11) is 0. The molecule has 0 amide bonds. The van der Waals surface area contributed by atoms with Crippen LogP contribution in [0.3, 0.4) is 0 Å². The Morgan fingerprint density at radius 1 is 0.952 bits per heavy atom. The first-order valence-electron chi connectivity index (χ1n) is 6.24. The molecule has 0 bridgehead atoms. The van der Waals surface area contributed by atoms with E-state index < -0.39 is 5.97 Å². The number of ketones is 1. The Bertz CT molecular complexity index is 651. The Hall–Kier alpha value is -1.46. The monoisotopic (exact) mass is 410 g/mol. The van der Waals surface area contributed by atoms with Gasteiger partial charge in [0, 0.05) is 14.5 Å². The number of carbonyl (C=O) groups is 2. The van der Waals surface area contributed by atoms with Crippen molar-refractivity contribution < 1.29 is 14.3 Å². The molecule has 0 radical (unpaired) electrons. The molecule has 0 aliphatic carbocycles. The fraction of sp³-hybridized carbons (Fsp3) is 0.125. The molecule has 2 rings (SSSR count). The summed E-state index contributed by atoms with van der Waals surface area (Å²) in [4.78, 5) is 23.6. The number of carbonyl (C=O) groups excluding carboxylic acids is 2. The zero-order valence-electron chi connectivity index (χ0n) is 11.0. The van der Waals surface area contributed by atoms with Gasteiger partial charge in [0.05, 0.1) is 6.42 Å². The van der Waals surface area contributed by atoms with Crippen LogP contribution in [0.15, 0.2) is 57.5 Å². The number of hydrogen-bond donors (Lipinski definition) is 0. The first-order chi connectivity index (χ1) is 10.1. The molecule has 2 aromatic carbocycles. The van der Waals surface area contributed by atoms with E-state index in [4.69, 9.17) is 4.74 Å². The Kier molecular flexibility index (Phi) is 5.70. The smallest absolute Gasteiger partial charge is 0.310 e. The van der Waals surface area contributed by atoms with Crippen molar-refractivity contribution in [2.75, 3.05) is 6.61 Å². The van der Waals surface area contributed by atoms with Crippen LogP contribution in [0.5, 0.6) is 0 Å². The fourth-order valence-corrected chi connectivity index (χ4v) is 2.40. The van der Waals surface area contributed by atoms with Crippen LogP contribution in [0.4, 0.5) is 0 Å². The minimum absolute atomic E-state index is 0.134. The van der Waals surface area contributed by atoms with Crippen molar-refractivity contribution in [3.8, 4) is 0 Å². The Morgan fingerprint density at radius 3 is 2.29 bits per heavy atom. The lowest BCUT2D eigenvalue weighted by Gasteiger charge is -2.06. The van der Waals surface area contributed by atoms with Crippen LogP contribution in [0.25, 0.3) is 0 Å². The van der Waals surface area contributed by atoms with Crippen LogP contribution in [0.1, 0.15) is 15.9 Å². The lowest BCUT2D eigenvalue weighted by Crippen LogP contribution is -2.15. The zero-order chi connectivity index (χ0) is 15.2. The van der Waals surface area contributed by atoms with E-state index in [1.165, 1.54) is 0 Å². The van der Waals surface area contributed by atoms with Gasteiger partial charge in [-0.2, -0.15) is 0 Å². The summed E-state index contributed by atoms with van der Waals surface area (Å²) in [6.45, 7) is -0.245. The first kappa shape index (κ1) is 15.9. The topological polar surface area (TPSA) is 43.4 Å². The van der Waals surface area contributed by atoms with Crippen molar-refractivity contribution in [2.45, 2.75) is 6.42 Å². The average Bonchev–Trinajstić information content (AvgIpc) is 2.48. The highest BCUT2D eigenvalue weighted by Gasteiger charge is 2.11. The minimum Gasteiger partial charge on any atom is -0.457 e. The molecule has 0 atom stereocenters. The van der Waals surface area contributed by atoms with E-state index in [2.05, 4.69) is 31.9 Å². The summed E-state index contributed by atoms with van der Waals surface area (Å²) in [5, 5.41) is 0. The molecule has 0 N–H and O–H groups in total. The van der Waals surface area contributed by atoms with E-state index in [-0.39, 0.29) is 18.8 Å². The predicted octanol–water partition coefficient (Wildman–Crippen LogP) is 4.18. The van der Waals surface area contributed by atoms with Crippen molar-refractivity contribution in [2.24, 2.45) is 0 Å². The summed E-state index contributed by atoms with van der Waals surface area (Å²) in [5.74, 6) is -0.643. The van der Waals surface area contributed by atoms with Crippen LogP contribution in [-0.4, -0.2) is 18.4 Å². The van der Waals surface area contributed by atoms with E-state index >= 15 is 0 Å². The molecule has 0 spiro atoms. The molecule has 0 fully saturated rings. The lowest BCUT2D eigenvalue weighted by molar-refractivity contribution is -0.141. The second-order valence-electron chi connectivity index (χ2n) is 4.36. The molecule has 0 aliphatic rings. The van der Waals surface area contributed by atoms with Gasteiger partial charge in [-0.1, -0.05) is 62.2 Å². The second kappa shape index (κ2) is 7.52. The molecule has 0 heterocycles. The quantitative estimate of drug-likeness (QED) is 0.547. The van der Waals surface area contributed by atoms with Gasteiger partial charge in [0.15, 0.2) is 12.4 Å². The van der Waals surface area contributed by atoms with Crippen molar-refractivity contribution in [1.82, 2.24) is 0 Å². The van der Waals surface area contributed by atoms with Crippen molar-refractivity contribution in [3.63, 3.8) is 0 Å². The third kappa shape index (κ3) is 4.79. The lowest BCUT2D eigenvalue weighted by atomic mass is 10.1. The number of rotatable bonds is 5. The predicted molar refractivity (Wildman–Crippen MR) is 87.3 cm³/mol. The molecule has 0 aliphatic heterocycles. The average molecular weight is 412 g/mol.